The molecular formula is C15H12O6. The molecule has 2 aromatic rings. The Morgan fingerprint density at radius 2 is 1.71 bits per heavy atom. The molecule has 0 aliphatic carbocycles. The largest absolute Gasteiger partial charge is 0.508 e. The lowest BCUT2D eigenvalue weighted by Gasteiger charge is -2.11. The lowest BCUT2D eigenvalue weighted by atomic mass is 10.2. The fourth-order valence-electron chi connectivity index (χ4n) is 1.66. The SMILES string of the molecule is O=Cc1cc(O)cc(OCOc2cc(O)ccc2C=O)c1. The van der Waals surface area contributed by atoms with Crippen molar-refractivity contribution in [2.75, 3.05) is 6.79 Å². The van der Waals surface area contributed by atoms with Crippen LogP contribution in [-0.2, 0) is 0 Å². The van der Waals surface area contributed by atoms with Crippen molar-refractivity contribution >= 4 is 12.6 Å². The topological polar surface area (TPSA) is 93.1 Å². The Morgan fingerprint density at radius 3 is 2.43 bits per heavy atom. The molecule has 0 saturated carbocycles. The highest BCUT2D eigenvalue weighted by atomic mass is 16.7. The van der Waals surface area contributed by atoms with E-state index >= 15 is 0 Å². The number of phenols is 2. The van der Waals surface area contributed by atoms with Gasteiger partial charge in [0.05, 0.1) is 5.56 Å². The van der Waals surface area contributed by atoms with Gasteiger partial charge in [0.2, 0.25) is 6.79 Å². The summed E-state index contributed by atoms with van der Waals surface area (Å²) in [5.41, 5.74) is 0.525. The molecule has 0 bridgehead atoms. The summed E-state index contributed by atoms with van der Waals surface area (Å²) in [6, 6.07) is 8.10. The van der Waals surface area contributed by atoms with Crippen LogP contribution in [0.1, 0.15) is 20.7 Å². The van der Waals surface area contributed by atoms with Crippen LogP contribution >= 0.6 is 0 Å². The van der Waals surface area contributed by atoms with E-state index in [9.17, 15) is 19.8 Å². The normalized spacial score (nSPS) is 9.90. The fraction of sp³-hybridized carbons (Fsp3) is 0.0667. The Morgan fingerprint density at radius 1 is 0.905 bits per heavy atom. The van der Waals surface area contributed by atoms with Crippen molar-refractivity contribution in [2.45, 2.75) is 0 Å². The second-order valence-electron chi connectivity index (χ2n) is 4.12. The average Bonchev–Trinajstić information content (AvgIpc) is 2.47. The van der Waals surface area contributed by atoms with E-state index in [-0.39, 0.29) is 40.9 Å². The second kappa shape index (κ2) is 6.42. The van der Waals surface area contributed by atoms with Gasteiger partial charge in [-0.3, -0.25) is 9.59 Å². The number of hydrogen-bond acceptors (Lipinski definition) is 6. The monoisotopic (exact) mass is 288 g/mol. The minimum absolute atomic E-state index is 0.0452. The van der Waals surface area contributed by atoms with E-state index in [0.29, 0.717) is 12.6 Å². The van der Waals surface area contributed by atoms with Gasteiger partial charge >= 0.3 is 0 Å². The summed E-state index contributed by atoms with van der Waals surface area (Å²) in [6.45, 7) is -0.258. The summed E-state index contributed by atoms with van der Waals surface area (Å²) in [5.74, 6) is 0.252. The molecule has 0 unspecified atom stereocenters. The highest BCUT2D eigenvalue weighted by Crippen LogP contribution is 2.24. The Balaban J connectivity index is 2.04. The molecule has 6 heteroatoms. The van der Waals surface area contributed by atoms with Gasteiger partial charge in [0.1, 0.15) is 29.3 Å². The van der Waals surface area contributed by atoms with Crippen LogP contribution in [0.25, 0.3) is 0 Å². The highest BCUT2D eigenvalue weighted by molar-refractivity contribution is 5.79. The van der Waals surface area contributed by atoms with Crippen LogP contribution in [0.5, 0.6) is 23.0 Å². The summed E-state index contributed by atoms with van der Waals surface area (Å²) >= 11 is 0. The van der Waals surface area contributed by atoms with Crippen molar-refractivity contribution < 1.29 is 29.3 Å². The maximum absolute atomic E-state index is 10.8. The lowest BCUT2D eigenvalue weighted by Crippen LogP contribution is -2.07. The Kier molecular flexibility index (Phi) is 4.40. The van der Waals surface area contributed by atoms with Crippen LogP contribution in [0.4, 0.5) is 0 Å². The van der Waals surface area contributed by atoms with Gasteiger partial charge in [-0.15, -0.1) is 0 Å². The smallest absolute Gasteiger partial charge is 0.230 e. The predicted molar refractivity (Wildman–Crippen MR) is 73.1 cm³/mol. The van der Waals surface area contributed by atoms with Gasteiger partial charge in [0, 0.05) is 17.7 Å². The van der Waals surface area contributed by atoms with E-state index < -0.39 is 0 Å². The quantitative estimate of drug-likeness (QED) is 0.625. The molecule has 2 rings (SSSR count). The minimum atomic E-state index is -0.258. The summed E-state index contributed by atoms with van der Waals surface area (Å²) in [5, 5.41) is 18.7. The molecule has 0 aromatic heterocycles. The number of phenolic OH excluding ortho intramolecular Hbond substituents is 2. The van der Waals surface area contributed by atoms with Crippen molar-refractivity contribution in [1.29, 1.82) is 0 Å². The lowest BCUT2D eigenvalue weighted by molar-refractivity contribution is 0.107. The zero-order valence-corrected chi connectivity index (χ0v) is 10.9. The zero-order valence-electron chi connectivity index (χ0n) is 10.9. The fourth-order valence-corrected chi connectivity index (χ4v) is 1.66. The third-order valence-corrected chi connectivity index (χ3v) is 2.61. The first kappa shape index (κ1) is 14.4. The molecule has 0 radical (unpaired) electrons. The van der Waals surface area contributed by atoms with Crippen LogP contribution in [0.15, 0.2) is 36.4 Å². The van der Waals surface area contributed by atoms with Crippen molar-refractivity contribution in [3.63, 3.8) is 0 Å². The van der Waals surface area contributed by atoms with E-state index in [1.165, 1.54) is 36.4 Å². The maximum atomic E-state index is 10.8. The molecular weight excluding hydrogens is 276 g/mol. The number of rotatable bonds is 6. The molecule has 0 fully saturated rings. The average molecular weight is 288 g/mol. The first-order valence-corrected chi connectivity index (χ1v) is 5.95. The van der Waals surface area contributed by atoms with E-state index in [2.05, 4.69) is 0 Å². The molecule has 0 spiro atoms. The van der Waals surface area contributed by atoms with Crippen molar-refractivity contribution in [2.24, 2.45) is 0 Å². The van der Waals surface area contributed by atoms with Crippen LogP contribution in [0.3, 0.4) is 0 Å². The maximum Gasteiger partial charge on any atom is 0.230 e. The zero-order chi connectivity index (χ0) is 15.2. The Bertz CT molecular complexity index is 665. The first-order valence-electron chi connectivity index (χ1n) is 5.95. The van der Waals surface area contributed by atoms with Crippen molar-refractivity contribution in [3.8, 4) is 23.0 Å². The molecule has 21 heavy (non-hydrogen) atoms. The molecule has 0 aliphatic rings. The van der Waals surface area contributed by atoms with E-state index in [4.69, 9.17) is 9.47 Å². The molecule has 0 heterocycles. The molecule has 2 N–H and O–H groups in total. The number of carbonyl (C=O) groups is 2. The molecule has 0 amide bonds. The Hall–Kier alpha value is -3.02. The molecule has 6 nitrogen and oxygen atoms in total. The van der Waals surface area contributed by atoms with E-state index in [0.717, 1.165) is 0 Å². The third-order valence-electron chi connectivity index (χ3n) is 2.61. The molecule has 2 aromatic carbocycles. The van der Waals surface area contributed by atoms with Gasteiger partial charge in [0.25, 0.3) is 0 Å². The minimum Gasteiger partial charge on any atom is -0.508 e. The van der Waals surface area contributed by atoms with Crippen molar-refractivity contribution in [1.82, 2.24) is 0 Å². The van der Waals surface area contributed by atoms with E-state index in [1.807, 2.05) is 0 Å². The molecule has 0 atom stereocenters. The van der Waals surface area contributed by atoms with Crippen LogP contribution in [0, 0.1) is 0 Å². The number of hydrogen-bond donors (Lipinski definition) is 2. The number of aromatic hydroxyl groups is 2. The molecule has 108 valence electrons. The third kappa shape index (κ3) is 3.73. The second-order valence-corrected chi connectivity index (χ2v) is 4.12. The van der Waals surface area contributed by atoms with Gasteiger partial charge < -0.3 is 19.7 Å². The molecule has 0 aliphatic heterocycles. The number of ether oxygens (including phenoxy) is 2. The predicted octanol–water partition coefficient (Wildman–Crippen LogP) is 2.14. The number of benzene rings is 2. The summed E-state index contributed by atoms with van der Waals surface area (Å²) in [4.78, 5) is 21.5. The highest BCUT2D eigenvalue weighted by Gasteiger charge is 2.05. The summed E-state index contributed by atoms with van der Waals surface area (Å²) < 4.78 is 10.5. The number of carbonyl (C=O) groups excluding carboxylic acids is 2. The van der Waals surface area contributed by atoms with Gasteiger partial charge in [0.15, 0.2) is 6.29 Å². The standard InChI is InChI=1S/C15H12O6/c16-7-10-3-13(19)5-14(4-10)20-9-21-15-6-12(18)2-1-11(15)8-17/h1-8,18-19H,9H2. The summed E-state index contributed by atoms with van der Waals surface area (Å²) in [6.07, 6.45) is 1.17. The molecule has 0 saturated heterocycles. The van der Waals surface area contributed by atoms with Crippen LogP contribution in [-0.4, -0.2) is 29.6 Å². The number of aldehydes is 2. The van der Waals surface area contributed by atoms with Crippen molar-refractivity contribution in [3.05, 3.63) is 47.5 Å². The van der Waals surface area contributed by atoms with Crippen LogP contribution in [0.2, 0.25) is 0 Å². The van der Waals surface area contributed by atoms with Crippen LogP contribution < -0.4 is 9.47 Å². The van der Waals surface area contributed by atoms with Gasteiger partial charge in [-0.1, -0.05) is 0 Å². The van der Waals surface area contributed by atoms with Gasteiger partial charge in [-0.05, 0) is 24.3 Å². The Labute approximate surface area is 120 Å². The van der Waals surface area contributed by atoms with Gasteiger partial charge in [-0.25, -0.2) is 0 Å². The first-order chi connectivity index (χ1) is 10.1. The van der Waals surface area contributed by atoms with Gasteiger partial charge in [-0.2, -0.15) is 0 Å². The van der Waals surface area contributed by atoms with E-state index in [1.54, 1.807) is 0 Å². The summed E-state index contributed by atoms with van der Waals surface area (Å²) in [7, 11) is 0.